The Balaban J connectivity index is 1.62. The van der Waals surface area contributed by atoms with E-state index in [0.29, 0.717) is 35.2 Å². The first kappa shape index (κ1) is 24.6. The Kier molecular flexibility index (Phi) is 6.83. The van der Waals surface area contributed by atoms with Gasteiger partial charge in [-0.05, 0) is 104 Å². The molecule has 0 amide bonds. The number of halogens is 1. The SMILES string of the molecule is CCOC(C)OC1CC[C@]2(C)C3=C(CCC2C1(C)C)C1=CC[C@H]([C@H](C)C=CCl)[C@@]1(C)CC3. The van der Waals surface area contributed by atoms with E-state index in [1.54, 1.807) is 22.3 Å². The second kappa shape index (κ2) is 8.90. The Morgan fingerprint density at radius 2 is 1.84 bits per heavy atom. The second-order valence-electron chi connectivity index (χ2n) is 12.0. The molecule has 3 unspecified atom stereocenters. The van der Waals surface area contributed by atoms with Gasteiger partial charge in [0.15, 0.2) is 6.29 Å². The van der Waals surface area contributed by atoms with E-state index >= 15 is 0 Å². The van der Waals surface area contributed by atoms with Crippen LogP contribution in [0.25, 0.3) is 0 Å². The molecule has 0 saturated heterocycles. The molecule has 0 aromatic rings. The molecule has 0 N–H and O–H groups in total. The van der Waals surface area contributed by atoms with Crippen molar-refractivity contribution in [1.29, 1.82) is 0 Å². The number of ether oxygens (including phenoxy) is 2. The molecule has 3 heteroatoms. The van der Waals surface area contributed by atoms with E-state index in [9.17, 15) is 0 Å². The van der Waals surface area contributed by atoms with Crippen molar-refractivity contribution in [2.24, 2.45) is 34.0 Å². The second-order valence-corrected chi connectivity index (χ2v) is 12.3. The van der Waals surface area contributed by atoms with Crippen molar-refractivity contribution in [2.45, 2.75) is 106 Å². The van der Waals surface area contributed by atoms with Gasteiger partial charge >= 0.3 is 0 Å². The summed E-state index contributed by atoms with van der Waals surface area (Å²) in [4.78, 5) is 0. The lowest BCUT2D eigenvalue weighted by molar-refractivity contribution is -0.214. The lowest BCUT2D eigenvalue weighted by Crippen LogP contribution is -2.54. The monoisotopic (exact) mass is 460 g/mol. The molecule has 4 rings (SSSR count). The summed E-state index contributed by atoms with van der Waals surface area (Å²) in [5.74, 6) is 1.87. The molecule has 1 fully saturated rings. The van der Waals surface area contributed by atoms with Crippen molar-refractivity contribution < 1.29 is 9.47 Å². The van der Waals surface area contributed by atoms with Crippen molar-refractivity contribution in [3.63, 3.8) is 0 Å². The Morgan fingerprint density at radius 1 is 1.09 bits per heavy atom. The smallest absolute Gasteiger partial charge is 0.155 e. The van der Waals surface area contributed by atoms with E-state index in [1.807, 2.05) is 6.92 Å². The molecule has 0 spiro atoms. The van der Waals surface area contributed by atoms with Crippen LogP contribution >= 0.6 is 11.6 Å². The largest absolute Gasteiger partial charge is 0.353 e. The number of hydrogen-bond donors (Lipinski definition) is 0. The quantitative estimate of drug-likeness (QED) is 0.370. The topological polar surface area (TPSA) is 18.5 Å². The minimum Gasteiger partial charge on any atom is -0.353 e. The van der Waals surface area contributed by atoms with Crippen LogP contribution in [0.1, 0.15) is 93.4 Å². The Hall–Kier alpha value is -0.570. The zero-order valence-electron chi connectivity index (χ0n) is 21.5. The maximum atomic E-state index is 6.46. The van der Waals surface area contributed by atoms with Crippen LogP contribution in [0.5, 0.6) is 0 Å². The first-order chi connectivity index (χ1) is 15.1. The number of rotatable bonds is 6. The van der Waals surface area contributed by atoms with E-state index in [1.165, 1.54) is 38.5 Å². The third kappa shape index (κ3) is 3.77. The van der Waals surface area contributed by atoms with E-state index in [4.69, 9.17) is 21.1 Å². The summed E-state index contributed by atoms with van der Waals surface area (Å²) in [6, 6.07) is 0. The predicted molar refractivity (Wildman–Crippen MR) is 135 cm³/mol. The summed E-state index contributed by atoms with van der Waals surface area (Å²) in [5.41, 5.74) is 7.71. The molecule has 0 radical (unpaired) electrons. The summed E-state index contributed by atoms with van der Waals surface area (Å²) in [5, 5.41) is 0. The molecule has 0 aromatic heterocycles. The fraction of sp³-hybridized carbons (Fsp3) is 0.793. The summed E-state index contributed by atoms with van der Waals surface area (Å²) < 4.78 is 12.2. The lowest BCUT2D eigenvalue weighted by Gasteiger charge is -2.60. The minimum absolute atomic E-state index is 0.119. The molecule has 7 atom stereocenters. The minimum atomic E-state index is -0.119. The van der Waals surface area contributed by atoms with Gasteiger partial charge in [-0.1, -0.05) is 63.9 Å². The van der Waals surface area contributed by atoms with Crippen molar-refractivity contribution in [1.82, 2.24) is 0 Å². The Labute approximate surface area is 201 Å². The van der Waals surface area contributed by atoms with E-state index < -0.39 is 0 Å². The average Bonchev–Trinajstić information content (AvgIpc) is 3.08. The molecule has 4 aliphatic rings. The van der Waals surface area contributed by atoms with Crippen LogP contribution in [0, 0.1) is 34.0 Å². The molecule has 2 nitrogen and oxygen atoms in total. The molecule has 4 aliphatic carbocycles. The molecule has 0 bridgehead atoms. The molecular formula is C29H45ClO2. The molecule has 0 aromatic carbocycles. The van der Waals surface area contributed by atoms with Crippen LogP contribution in [-0.4, -0.2) is 19.0 Å². The Morgan fingerprint density at radius 3 is 2.53 bits per heavy atom. The zero-order chi connectivity index (χ0) is 23.3. The van der Waals surface area contributed by atoms with Crippen LogP contribution in [0.4, 0.5) is 0 Å². The van der Waals surface area contributed by atoms with E-state index in [2.05, 4.69) is 53.7 Å². The summed E-state index contributed by atoms with van der Waals surface area (Å²) in [6.45, 7) is 17.2. The van der Waals surface area contributed by atoms with Gasteiger partial charge < -0.3 is 9.47 Å². The molecule has 0 heterocycles. The highest BCUT2D eigenvalue weighted by Gasteiger charge is 2.58. The zero-order valence-corrected chi connectivity index (χ0v) is 22.2. The van der Waals surface area contributed by atoms with Crippen molar-refractivity contribution >= 4 is 11.6 Å². The average molecular weight is 461 g/mol. The van der Waals surface area contributed by atoms with Crippen molar-refractivity contribution in [2.75, 3.05) is 6.61 Å². The summed E-state index contributed by atoms with van der Waals surface area (Å²) in [7, 11) is 0. The normalized spacial score (nSPS) is 40.5. The molecule has 0 aliphatic heterocycles. The molecule has 180 valence electrons. The van der Waals surface area contributed by atoms with Crippen molar-refractivity contribution in [3.05, 3.63) is 34.4 Å². The predicted octanol–water partition coefficient (Wildman–Crippen LogP) is 8.42. The number of fused-ring (bicyclic) bond motifs is 4. The maximum Gasteiger partial charge on any atom is 0.155 e. The molecule has 32 heavy (non-hydrogen) atoms. The highest BCUT2D eigenvalue weighted by Crippen LogP contribution is 2.66. The van der Waals surface area contributed by atoms with E-state index in [0.717, 1.165) is 6.42 Å². The van der Waals surface area contributed by atoms with Gasteiger partial charge in [-0.25, -0.2) is 0 Å². The fourth-order valence-corrected chi connectivity index (χ4v) is 8.72. The van der Waals surface area contributed by atoms with Gasteiger partial charge in [0.1, 0.15) is 0 Å². The third-order valence-electron chi connectivity index (χ3n) is 10.2. The van der Waals surface area contributed by atoms with Gasteiger partial charge in [-0.2, -0.15) is 0 Å². The van der Waals surface area contributed by atoms with Crippen LogP contribution in [-0.2, 0) is 9.47 Å². The third-order valence-corrected chi connectivity index (χ3v) is 10.3. The van der Waals surface area contributed by atoms with Crippen LogP contribution in [0.2, 0.25) is 0 Å². The Bertz CT molecular complexity index is 808. The van der Waals surface area contributed by atoms with Gasteiger partial charge in [0.05, 0.1) is 6.10 Å². The van der Waals surface area contributed by atoms with Crippen LogP contribution in [0.3, 0.4) is 0 Å². The highest BCUT2D eigenvalue weighted by atomic mass is 35.5. The first-order valence-electron chi connectivity index (χ1n) is 13.1. The molecular weight excluding hydrogens is 416 g/mol. The molecule has 1 saturated carbocycles. The van der Waals surface area contributed by atoms with Gasteiger partial charge in [-0.3, -0.25) is 0 Å². The van der Waals surface area contributed by atoms with Crippen molar-refractivity contribution in [3.8, 4) is 0 Å². The highest BCUT2D eigenvalue weighted by molar-refractivity contribution is 6.25. The maximum absolute atomic E-state index is 6.46. The summed E-state index contributed by atoms with van der Waals surface area (Å²) in [6.07, 6.45) is 13.6. The lowest BCUT2D eigenvalue weighted by atomic mass is 9.46. The number of allylic oxidation sites excluding steroid dienone is 5. The van der Waals surface area contributed by atoms with E-state index in [-0.39, 0.29) is 17.8 Å². The number of hydrogen-bond acceptors (Lipinski definition) is 2. The standard InChI is InChI=1S/C29H45ClO2/c1-8-31-20(3)32-26-14-17-29(7)24-13-16-28(6)22(19(2)15-18-30)10-11-23(28)21(24)9-12-25(29)27(26,4)5/h11,15,18-20,22,25-26H,8-10,12-14,16-17H2,1-7H3/t19-,20?,22-,25?,26?,28-,29-/m1/s1. The van der Waals surface area contributed by atoms with Gasteiger partial charge in [0.25, 0.3) is 0 Å². The summed E-state index contributed by atoms with van der Waals surface area (Å²) >= 11 is 5.96. The van der Waals surface area contributed by atoms with Gasteiger partial charge in [0.2, 0.25) is 0 Å². The van der Waals surface area contributed by atoms with Crippen LogP contribution in [0.15, 0.2) is 34.4 Å². The van der Waals surface area contributed by atoms with Gasteiger partial charge in [0, 0.05) is 12.1 Å². The van der Waals surface area contributed by atoms with Crippen LogP contribution < -0.4 is 0 Å². The first-order valence-corrected chi connectivity index (χ1v) is 13.5. The van der Waals surface area contributed by atoms with Gasteiger partial charge in [-0.15, -0.1) is 0 Å². The fourth-order valence-electron chi connectivity index (χ4n) is 8.50.